The highest BCUT2D eigenvalue weighted by atomic mass is 28.4. The fraction of sp³-hybridized carbons (Fsp3) is 0.850. The van der Waals surface area contributed by atoms with Crippen LogP contribution >= 0.6 is 0 Å². The molecule has 0 radical (unpaired) electrons. The van der Waals surface area contributed by atoms with Crippen molar-refractivity contribution in [3.8, 4) is 0 Å². The molecule has 0 fully saturated rings. The van der Waals surface area contributed by atoms with Crippen LogP contribution in [0.1, 0.15) is 77.6 Å². The highest BCUT2D eigenvalue weighted by molar-refractivity contribution is 6.69. The Hall–Kier alpha value is -0.613. The van der Waals surface area contributed by atoms with E-state index in [1.54, 1.807) is 0 Å². The van der Waals surface area contributed by atoms with E-state index in [0.717, 1.165) is 25.7 Å². The van der Waals surface area contributed by atoms with Gasteiger partial charge in [0.05, 0.1) is 13.2 Å². The molecule has 0 heterocycles. The molecule has 0 aliphatic rings. The summed E-state index contributed by atoms with van der Waals surface area (Å²) in [5.41, 5.74) is 0. The number of rotatable bonds is 15. The van der Waals surface area contributed by atoms with Gasteiger partial charge in [-0.1, -0.05) is 57.6 Å². The summed E-state index contributed by atoms with van der Waals surface area (Å²) in [5, 5.41) is 0. The number of allylic oxidation sites excluding steroid dienone is 1. The van der Waals surface area contributed by atoms with E-state index in [-0.39, 0.29) is 5.97 Å². The molecule has 0 spiro atoms. The molecule has 1 unspecified atom stereocenters. The molecule has 0 N–H and O–H groups in total. The third-order valence-corrected chi connectivity index (χ3v) is 4.94. The van der Waals surface area contributed by atoms with Gasteiger partial charge in [0.1, 0.15) is 0 Å². The normalized spacial score (nSPS) is 13.4. The zero-order chi connectivity index (χ0) is 18.3. The number of methoxy groups -OCH3 is 1. The molecule has 0 aromatic carbocycles. The number of hydrogen-bond donors (Lipinski definition) is 0. The van der Waals surface area contributed by atoms with Gasteiger partial charge in [-0.05, 0) is 45.3 Å². The predicted molar refractivity (Wildman–Crippen MR) is 106 cm³/mol. The lowest BCUT2D eigenvalue weighted by atomic mass is 10.1. The molecular weight excluding hydrogens is 316 g/mol. The largest absolute Gasteiger partial charge is 0.469 e. The van der Waals surface area contributed by atoms with E-state index in [1.807, 2.05) is 0 Å². The molecular formula is C20H40O3Si. The van der Waals surface area contributed by atoms with E-state index >= 15 is 0 Å². The van der Waals surface area contributed by atoms with Crippen LogP contribution in [-0.2, 0) is 14.0 Å². The van der Waals surface area contributed by atoms with Crippen LogP contribution in [0, 0.1) is 0 Å². The van der Waals surface area contributed by atoms with Crippen LogP contribution in [0.2, 0.25) is 19.6 Å². The molecule has 0 aliphatic carbocycles. The first-order chi connectivity index (χ1) is 11.4. The second-order valence-electron chi connectivity index (χ2n) is 7.58. The molecule has 0 rings (SSSR count). The molecule has 3 nitrogen and oxygen atoms in total. The van der Waals surface area contributed by atoms with Gasteiger partial charge in [-0.3, -0.25) is 4.79 Å². The van der Waals surface area contributed by atoms with Crippen molar-refractivity contribution in [2.75, 3.05) is 7.11 Å². The van der Waals surface area contributed by atoms with E-state index in [1.165, 1.54) is 45.6 Å². The van der Waals surface area contributed by atoms with Crippen LogP contribution in [0.25, 0.3) is 0 Å². The van der Waals surface area contributed by atoms with E-state index in [0.29, 0.717) is 12.5 Å². The van der Waals surface area contributed by atoms with Crippen LogP contribution in [0.5, 0.6) is 0 Å². The number of carbonyl (C=O) groups excluding carboxylic acids is 1. The zero-order valence-corrected chi connectivity index (χ0v) is 17.7. The van der Waals surface area contributed by atoms with Crippen LogP contribution in [0.4, 0.5) is 0 Å². The molecule has 24 heavy (non-hydrogen) atoms. The van der Waals surface area contributed by atoms with Gasteiger partial charge in [0.2, 0.25) is 0 Å². The molecule has 4 heteroatoms. The minimum Gasteiger partial charge on any atom is -0.469 e. The van der Waals surface area contributed by atoms with Gasteiger partial charge in [-0.2, -0.15) is 0 Å². The lowest BCUT2D eigenvalue weighted by Gasteiger charge is -2.24. The van der Waals surface area contributed by atoms with Crippen molar-refractivity contribution in [1.29, 1.82) is 0 Å². The lowest BCUT2D eigenvalue weighted by molar-refractivity contribution is -0.140. The molecule has 0 bridgehead atoms. The zero-order valence-electron chi connectivity index (χ0n) is 16.7. The molecule has 0 saturated heterocycles. The average molecular weight is 357 g/mol. The van der Waals surface area contributed by atoms with E-state index in [9.17, 15) is 4.79 Å². The number of unbranched alkanes of at least 4 members (excludes halogenated alkanes) is 7. The van der Waals surface area contributed by atoms with Gasteiger partial charge >= 0.3 is 5.97 Å². The number of esters is 1. The molecule has 0 aromatic heterocycles. The molecule has 0 saturated carbocycles. The number of carbonyl (C=O) groups is 1. The Kier molecular flexibility index (Phi) is 14.3. The molecule has 0 amide bonds. The Labute approximate surface area is 151 Å². The van der Waals surface area contributed by atoms with E-state index < -0.39 is 8.32 Å². The minimum atomic E-state index is -1.48. The summed E-state index contributed by atoms with van der Waals surface area (Å²) in [6, 6.07) is 0. The van der Waals surface area contributed by atoms with Crippen LogP contribution < -0.4 is 0 Å². The van der Waals surface area contributed by atoms with Gasteiger partial charge in [-0.25, -0.2) is 0 Å². The first-order valence-corrected chi connectivity index (χ1v) is 13.2. The monoisotopic (exact) mass is 356 g/mol. The Bertz CT molecular complexity index is 334. The van der Waals surface area contributed by atoms with Crippen LogP contribution in [0.15, 0.2) is 12.2 Å². The number of hydrogen-bond acceptors (Lipinski definition) is 3. The van der Waals surface area contributed by atoms with Crippen molar-refractivity contribution in [2.24, 2.45) is 0 Å². The fourth-order valence-corrected chi connectivity index (χ4v) is 3.76. The maximum absolute atomic E-state index is 11.0. The quantitative estimate of drug-likeness (QED) is 0.151. The average Bonchev–Trinajstić information content (AvgIpc) is 2.52. The van der Waals surface area contributed by atoms with Gasteiger partial charge in [-0.15, -0.1) is 0 Å². The van der Waals surface area contributed by atoms with Gasteiger partial charge in [0.15, 0.2) is 8.32 Å². The highest BCUT2D eigenvalue weighted by Gasteiger charge is 2.18. The van der Waals surface area contributed by atoms with Crippen molar-refractivity contribution in [2.45, 2.75) is 103 Å². The third kappa shape index (κ3) is 16.3. The van der Waals surface area contributed by atoms with E-state index in [2.05, 4.69) is 43.5 Å². The summed E-state index contributed by atoms with van der Waals surface area (Å²) >= 11 is 0. The summed E-state index contributed by atoms with van der Waals surface area (Å²) in [4.78, 5) is 11.0. The summed E-state index contributed by atoms with van der Waals surface area (Å²) < 4.78 is 11.0. The van der Waals surface area contributed by atoms with Crippen molar-refractivity contribution in [1.82, 2.24) is 0 Å². The maximum Gasteiger partial charge on any atom is 0.305 e. The SMILES string of the molecule is CCCCCCC(/C=C/CCCCCCC(=O)OC)O[Si](C)(C)C. The predicted octanol–water partition coefficient (Wildman–Crippen LogP) is 6.25. The second-order valence-corrected chi connectivity index (χ2v) is 12.0. The van der Waals surface area contributed by atoms with Crippen LogP contribution in [0.3, 0.4) is 0 Å². The molecule has 0 aromatic rings. The van der Waals surface area contributed by atoms with Crippen molar-refractivity contribution >= 4 is 14.3 Å². The Morgan fingerprint density at radius 3 is 2.29 bits per heavy atom. The van der Waals surface area contributed by atoms with Gasteiger partial charge in [0, 0.05) is 6.42 Å². The lowest BCUT2D eigenvalue weighted by Crippen LogP contribution is -2.31. The van der Waals surface area contributed by atoms with Crippen LogP contribution in [-0.4, -0.2) is 27.5 Å². The van der Waals surface area contributed by atoms with Crippen molar-refractivity contribution < 1.29 is 14.0 Å². The first-order valence-electron chi connectivity index (χ1n) is 9.80. The van der Waals surface area contributed by atoms with Crippen molar-refractivity contribution in [3.05, 3.63) is 12.2 Å². The first kappa shape index (κ1) is 23.4. The topological polar surface area (TPSA) is 35.5 Å². The third-order valence-electron chi connectivity index (χ3n) is 3.93. The molecule has 142 valence electrons. The maximum atomic E-state index is 11.0. The smallest absolute Gasteiger partial charge is 0.305 e. The highest BCUT2D eigenvalue weighted by Crippen LogP contribution is 2.16. The van der Waals surface area contributed by atoms with E-state index in [4.69, 9.17) is 4.43 Å². The van der Waals surface area contributed by atoms with Gasteiger partial charge in [0.25, 0.3) is 0 Å². The Balaban J connectivity index is 3.91. The standard InChI is InChI=1S/C20H40O3Si/c1-6-7-8-13-16-19(23-24(3,4)5)17-14-11-9-10-12-15-18-20(21)22-2/h14,17,19H,6-13,15-16,18H2,1-5H3/b17-14+. The Morgan fingerprint density at radius 1 is 1.00 bits per heavy atom. The number of ether oxygens (including phenoxy) is 1. The summed E-state index contributed by atoms with van der Waals surface area (Å²) in [6.07, 6.45) is 17.3. The Morgan fingerprint density at radius 2 is 1.67 bits per heavy atom. The summed E-state index contributed by atoms with van der Waals surface area (Å²) in [7, 11) is -0.0317. The summed E-state index contributed by atoms with van der Waals surface area (Å²) in [5.74, 6) is -0.0932. The second kappa shape index (κ2) is 14.7. The molecule has 1 atom stereocenters. The summed E-state index contributed by atoms with van der Waals surface area (Å²) in [6.45, 7) is 9.05. The molecule has 0 aliphatic heterocycles. The van der Waals surface area contributed by atoms with Gasteiger partial charge < -0.3 is 9.16 Å². The minimum absolute atomic E-state index is 0.0932. The fourth-order valence-electron chi connectivity index (χ4n) is 2.66. The van der Waals surface area contributed by atoms with Crippen molar-refractivity contribution in [3.63, 3.8) is 0 Å².